The number of nitrogens with zero attached hydrogens (tertiary/aromatic N) is 3. The van der Waals surface area contributed by atoms with Crippen LogP contribution in [0.5, 0.6) is 17.4 Å². The van der Waals surface area contributed by atoms with Crippen LogP contribution in [0.25, 0.3) is 0 Å². The van der Waals surface area contributed by atoms with Gasteiger partial charge in [0.1, 0.15) is 11.9 Å². The fourth-order valence-corrected chi connectivity index (χ4v) is 2.86. The van der Waals surface area contributed by atoms with Gasteiger partial charge in [-0.1, -0.05) is 0 Å². The Bertz CT molecular complexity index is 798. The van der Waals surface area contributed by atoms with E-state index in [0.717, 1.165) is 6.42 Å². The van der Waals surface area contributed by atoms with Crippen LogP contribution in [0.3, 0.4) is 0 Å². The monoisotopic (exact) mass is 342 g/mol. The van der Waals surface area contributed by atoms with Gasteiger partial charge in [-0.3, -0.25) is 0 Å². The number of fused-ring (bicyclic) bond motifs is 1. The minimum absolute atomic E-state index is 0.0724. The zero-order valence-electron chi connectivity index (χ0n) is 13.8. The topological polar surface area (TPSA) is 85.8 Å². The molecule has 1 saturated heterocycles. The number of carbonyl (C=O) groups excluding carboxylic acids is 1. The van der Waals surface area contributed by atoms with Crippen molar-refractivity contribution in [2.45, 2.75) is 19.4 Å². The average molecular weight is 342 g/mol. The fourth-order valence-electron chi connectivity index (χ4n) is 2.86. The van der Waals surface area contributed by atoms with Crippen molar-refractivity contribution in [3.05, 3.63) is 36.3 Å². The molecule has 4 rings (SSSR count). The Morgan fingerprint density at radius 3 is 3.08 bits per heavy atom. The Kier molecular flexibility index (Phi) is 4.01. The number of urea groups is 1. The fraction of sp³-hybridized carbons (Fsp3) is 0.353. The van der Waals surface area contributed by atoms with E-state index in [9.17, 15) is 4.79 Å². The maximum Gasteiger partial charge on any atom is 0.321 e. The number of aromatic nitrogens is 2. The van der Waals surface area contributed by atoms with Gasteiger partial charge in [-0.15, -0.1) is 0 Å². The maximum atomic E-state index is 12.4. The maximum absolute atomic E-state index is 12.4. The Morgan fingerprint density at radius 2 is 2.20 bits per heavy atom. The number of hydrogen-bond donors (Lipinski definition) is 1. The molecule has 1 fully saturated rings. The lowest BCUT2D eigenvalue weighted by Gasteiger charge is -2.18. The first kappa shape index (κ1) is 15.5. The highest BCUT2D eigenvalue weighted by molar-refractivity contribution is 5.90. The third-order valence-electron chi connectivity index (χ3n) is 4.09. The number of amides is 2. The van der Waals surface area contributed by atoms with Gasteiger partial charge in [0.2, 0.25) is 12.7 Å². The molecule has 3 heterocycles. The van der Waals surface area contributed by atoms with Gasteiger partial charge in [-0.05, 0) is 19.1 Å². The van der Waals surface area contributed by atoms with Crippen LogP contribution < -0.4 is 19.5 Å². The number of ether oxygens (including phenoxy) is 3. The summed E-state index contributed by atoms with van der Waals surface area (Å²) in [5.41, 5.74) is 0.671. The molecule has 8 nitrogen and oxygen atoms in total. The van der Waals surface area contributed by atoms with Crippen molar-refractivity contribution >= 4 is 11.7 Å². The van der Waals surface area contributed by atoms with Crippen LogP contribution in [0.15, 0.2) is 30.5 Å². The summed E-state index contributed by atoms with van der Waals surface area (Å²) in [6, 6.07) is 6.89. The number of likely N-dealkylation sites (tertiary alicyclic amines) is 1. The van der Waals surface area contributed by atoms with Crippen molar-refractivity contribution in [1.82, 2.24) is 14.9 Å². The van der Waals surface area contributed by atoms with Crippen molar-refractivity contribution in [2.24, 2.45) is 0 Å². The summed E-state index contributed by atoms with van der Waals surface area (Å²) in [6.07, 6.45) is 2.35. The van der Waals surface area contributed by atoms with Gasteiger partial charge in [0.25, 0.3) is 0 Å². The Labute approximate surface area is 144 Å². The van der Waals surface area contributed by atoms with Gasteiger partial charge in [-0.2, -0.15) is 4.98 Å². The van der Waals surface area contributed by atoms with E-state index in [4.69, 9.17) is 14.2 Å². The smallest absolute Gasteiger partial charge is 0.321 e. The van der Waals surface area contributed by atoms with E-state index in [0.29, 0.717) is 42.0 Å². The van der Waals surface area contributed by atoms with Gasteiger partial charge in [0.05, 0.1) is 6.54 Å². The van der Waals surface area contributed by atoms with Crippen LogP contribution in [0, 0.1) is 6.92 Å². The highest BCUT2D eigenvalue weighted by Gasteiger charge is 2.28. The predicted molar refractivity (Wildman–Crippen MR) is 89.0 cm³/mol. The first-order chi connectivity index (χ1) is 12.2. The van der Waals surface area contributed by atoms with Crippen LogP contribution in [0.2, 0.25) is 0 Å². The number of aryl methyl sites for hydroxylation is 1. The van der Waals surface area contributed by atoms with Crippen molar-refractivity contribution in [3.8, 4) is 17.4 Å². The first-order valence-corrected chi connectivity index (χ1v) is 8.09. The predicted octanol–water partition coefficient (Wildman–Crippen LogP) is 2.20. The Hall–Kier alpha value is -3.03. The zero-order chi connectivity index (χ0) is 17.2. The normalized spacial score (nSPS) is 18.3. The van der Waals surface area contributed by atoms with E-state index in [1.807, 2.05) is 6.92 Å². The largest absolute Gasteiger partial charge is 0.472 e. The average Bonchev–Trinajstić information content (AvgIpc) is 3.23. The SMILES string of the molecule is Cc1nccc(OC2CCN(C(=O)Nc3ccc4c(c3)OCO4)C2)n1. The Balaban J connectivity index is 1.34. The standard InChI is InChI=1S/C17H18N4O4/c1-11-18-6-4-16(19-11)25-13-5-7-21(9-13)17(22)20-12-2-3-14-15(8-12)24-10-23-14/h2-4,6,8,13H,5,7,9-10H2,1H3,(H,20,22). The van der Waals surface area contributed by atoms with E-state index < -0.39 is 0 Å². The van der Waals surface area contributed by atoms with Gasteiger partial charge in [0, 0.05) is 37.0 Å². The van der Waals surface area contributed by atoms with E-state index >= 15 is 0 Å². The van der Waals surface area contributed by atoms with Crippen LogP contribution in [-0.2, 0) is 0 Å². The van der Waals surface area contributed by atoms with Gasteiger partial charge < -0.3 is 24.4 Å². The number of anilines is 1. The van der Waals surface area contributed by atoms with Crippen LogP contribution in [0.4, 0.5) is 10.5 Å². The van der Waals surface area contributed by atoms with Gasteiger partial charge in [-0.25, -0.2) is 9.78 Å². The second-order valence-corrected chi connectivity index (χ2v) is 5.91. The molecule has 2 aliphatic heterocycles. The molecule has 25 heavy (non-hydrogen) atoms. The quantitative estimate of drug-likeness (QED) is 0.920. The third kappa shape index (κ3) is 3.42. The molecule has 0 radical (unpaired) electrons. The lowest BCUT2D eigenvalue weighted by Crippen LogP contribution is -2.34. The van der Waals surface area contributed by atoms with Crippen molar-refractivity contribution < 1.29 is 19.0 Å². The third-order valence-corrected chi connectivity index (χ3v) is 4.09. The van der Waals surface area contributed by atoms with Gasteiger partial charge in [0.15, 0.2) is 11.5 Å². The molecule has 2 amide bonds. The molecule has 1 N–H and O–H groups in total. The lowest BCUT2D eigenvalue weighted by molar-refractivity contribution is 0.174. The number of carbonyl (C=O) groups is 1. The van der Waals surface area contributed by atoms with Crippen molar-refractivity contribution in [2.75, 3.05) is 25.2 Å². The zero-order valence-corrected chi connectivity index (χ0v) is 13.8. The van der Waals surface area contributed by atoms with Crippen LogP contribution in [0.1, 0.15) is 12.2 Å². The van der Waals surface area contributed by atoms with Crippen LogP contribution in [-0.4, -0.2) is 46.9 Å². The van der Waals surface area contributed by atoms with E-state index in [1.165, 1.54) is 0 Å². The molecule has 0 saturated carbocycles. The van der Waals surface area contributed by atoms with E-state index in [2.05, 4.69) is 15.3 Å². The Morgan fingerprint density at radius 1 is 1.32 bits per heavy atom. The summed E-state index contributed by atoms with van der Waals surface area (Å²) >= 11 is 0. The minimum atomic E-state index is -0.163. The number of hydrogen-bond acceptors (Lipinski definition) is 6. The second-order valence-electron chi connectivity index (χ2n) is 5.91. The number of nitrogens with one attached hydrogen (secondary N) is 1. The van der Waals surface area contributed by atoms with Crippen molar-refractivity contribution in [3.63, 3.8) is 0 Å². The van der Waals surface area contributed by atoms with Crippen LogP contribution >= 0.6 is 0 Å². The molecule has 0 bridgehead atoms. The molecule has 2 aliphatic rings. The first-order valence-electron chi connectivity index (χ1n) is 8.09. The summed E-state index contributed by atoms with van der Waals surface area (Å²) in [7, 11) is 0. The molecular weight excluding hydrogens is 324 g/mol. The molecule has 1 aromatic carbocycles. The molecule has 1 atom stereocenters. The number of rotatable bonds is 3. The molecule has 1 unspecified atom stereocenters. The number of benzene rings is 1. The minimum Gasteiger partial charge on any atom is -0.472 e. The summed E-state index contributed by atoms with van der Waals surface area (Å²) < 4.78 is 16.4. The highest BCUT2D eigenvalue weighted by atomic mass is 16.7. The molecule has 8 heteroatoms. The molecule has 0 spiro atoms. The molecule has 2 aromatic rings. The lowest BCUT2D eigenvalue weighted by atomic mass is 10.3. The molecular formula is C17H18N4O4. The summed E-state index contributed by atoms with van der Waals surface area (Å²) in [4.78, 5) is 22.4. The highest BCUT2D eigenvalue weighted by Crippen LogP contribution is 2.34. The molecule has 1 aromatic heterocycles. The summed E-state index contributed by atoms with van der Waals surface area (Å²) in [5, 5.41) is 2.88. The summed E-state index contributed by atoms with van der Waals surface area (Å²) in [5.74, 6) is 2.52. The summed E-state index contributed by atoms with van der Waals surface area (Å²) in [6.45, 7) is 3.16. The van der Waals surface area contributed by atoms with Crippen molar-refractivity contribution in [1.29, 1.82) is 0 Å². The van der Waals surface area contributed by atoms with E-state index in [-0.39, 0.29) is 18.9 Å². The second kappa shape index (κ2) is 6.46. The molecule has 130 valence electrons. The van der Waals surface area contributed by atoms with Gasteiger partial charge >= 0.3 is 6.03 Å². The van der Waals surface area contributed by atoms with E-state index in [1.54, 1.807) is 35.4 Å². The molecule has 0 aliphatic carbocycles.